The van der Waals surface area contributed by atoms with Gasteiger partial charge in [-0.2, -0.15) is 0 Å². The van der Waals surface area contributed by atoms with Crippen molar-refractivity contribution in [3.05, 3.63) is 48.3 Å². The van der Waals surface area contributed by atoms with Crippen molar-refractivity contribution in [3.63, 3.8) is 0 Å². The highest BCUT2D eigenvalue weighted by atomic mass is 32.2. The number of nitrogens with zero attached hydrogens (tertiary/aromatic N) is 1. The van der Waals surface area contributed by atoms with E-state index in [9.17, 15) is 13.2 Å². The number of rotatable bonds is 8. The zero-order chi connectivity index (χ0) is 18.3. The number of carbonyl (C=O) groups excluding carboxylic acids is 1. The molecule has 1 aromatic carbocycles. The van der Waals surface area contributed by atoms with Gasteiger partial charge in [0, 0.05) is 12.3 Å². The third-order valence-corrected chi connectivity index (χ3v) is 4.72. The van der Waals surface area contributed by atoms with E-state index in [1.807, 2.05) is 0 Å². The summed E-state index contributed by atoms with van der Waals surface area (Å²) >= 11 is 0. The molecule has 1 amide bonds. The van der Waals surface area contributed by atoms with Crippen molar-refractivity contribution in [2.45, 2.75) is 11.4 Å². The van der Waals surface area contributed by atoms with Crippen LogP contribution in [0.25, 0.3) is 0 Å². The lowest BCUT2D eigenvalue weighted by molar-refractivity contribution is -0.120. The first kappa shape index (κ1) is 18.7. The molecule has 2 N–H and O–H groups in total. The van der Waals surface area contributed by atoms with Crippen LogP contribution >= 0.6 is 0 Å². The van der Waals surface area contributed by atoms with Gasteiger partial charge in [0.1, 0.15) is 16.4 Å². The molecule has 2 aromatic rings. The lowest BCUT2D eigenvalue weighted by Crippen LogP contribution is -2.36. The van der Waals surface area contributed by atoms with Gasteiger partial charge < -0.3 is 14.8 Å². The van der Waals surface area contributed by atoms with E-state index in [1.165, 1.54) is 32.4 Å². The van der Waals surface area contributed by atoms with Crippen LogP contribution in [0.1, 0.15) is 5.69 Å². The second kappa shape index (κ2) is 8.45. The van der Waals surface area contributed by atoms with Gasteiger partial charge in [-0.05, 0) is 24.3 Å². The van der Waals surface area contributed by atoms with E-state index in [0.29, 0.717) is 11.4 Å². The number of pyridine rings is 1. The molecule has 0 spiro atoms. The number of methoxy groups -OCH3 is 2. The topological polar surface area (TPSA) is 107 Å². The maximum Gasteiger partial charge on any atom is 0.244 e. The van der Waals surface area contributed by atoms with Crippen LogP contribution in [-0.4, -0.2) is 40.1 Å². The van der Waals surface area contributed by atoms with Crippen molar-refractivity contribution in [2.75, 3.05) is 20.8 Å². The Morgan fingerprint density at radius 1 is 1.16 bits per heavy atom. The SMILES string of the molecule is COc1ccc(S(=O)(=O)NCC(=O)NCc2ccccn2)c(OC)c1. The zero-order valence-electron chi connectivity index (χ0n) is 13.9. The quantitative estimate of drug-likeness (QED) is 0.713. The summed E-state index contributed by atoms with van der Waals surface area (Å²) in [5, 5.41) is 2.59. The van der Waals surface area contributed by atoms with Gasteiger partial charge in [-0.3, -0.25) is 9.78 Å². The number of amides is 1. The summed E-state index contributed by atoms with van der Waals surface area (Å²) in [6.07, 6.45) is 1.61. The second-order valence-electron chi connectivity index (χ2n) is 4.94. The molecule has 0 aliphatic carbocycles. The molecule has 1 heterocycles. The maximum absolute atomic E-state index is 12.4. The summed E-state index contributed by atoms with van der Waals surface area (Å²) in [5.41, 5.74) is 0.676. The number of aromatic nitrogens is 1. The van der Waals surface area contributed by atoms with Crippen molar-refractivity contribution >= 4 is 15.9 Å². The molecule has 8 nitrogen and oxygen atoms in total. The minimum atomic E-state index is -3.91. The second-order valence-corrected chi connectivity index (χ2v) is 6.67. The van der Waals surface area contributed by atoms with Gasteiger partial charge in [-0.25, -0.2) is 13.1 Å². The summed E-state index contributed by atoms with van der Waals surface area (Å²) in [6, 6.07) is 9.63. The molecule has 0 fully saturated rings. The molecule has 0 radical (unpaired) electrons. The van der Waals surface area contributed by atoms with Crippen LogP contribution < -0.4 is 19.5 Å². The minimum absolute atomic E-state index is 0.0756. The Morgan fingerprint density at radius 3 is 2.60 bits per heavy atom. The highest BCUT2D eigenvalue weighted by Gasteiger charge is 2.21. The van der Waals surface area contributed by atoms with Gasteiger partial charge in [0.25, 0.3) is 0 Å². The molecule has 0 aliphatic heterocycles. The van der Waals surface area contributed by atoms with E-state index < -0.39 is 22.5 Å². The highest BCUT2D eigenvalue weighted by Crippen LogP contribution is 2.28. The van der Waals surface area contributed by atoms with Gasteiger partial charge in [0.2, 0.25) is 15.9 Å². The van der Waals surface area contributed by atoms with E-state index >= 15 is 0 Å². The molecular formula is C16H19N3O5S. The zero-order valence-corrected chi connectivity index (χ0v) is 14.7. The summed E-state index contributed by atoms with van der Waals surface area (Å²) < 4.78 is 37.1. The Labute approximate surface area is 146 Å². The van der Waals surface area contributed by atoms with Gasteiger partial charge in [0.15, 0.2) is 0 Å². The fourth-order valence-electron chi connectivity index (χ4n) is 1.99. The fraction of sp³-hybridized carbons (Fsp3) is 0.250. The first-order valence-corrected chi connectivity index (χ1v) is 8.83. The number of carbonyl (C=O) groups is 1. The minimum Gasteiger partial charge on any atom is -0.497 e. The Bertz CT molecular complexity index is 825. The molecule has 0 saturated carbocycles. The van der Waals surface area contributed by atoms with Crippen LogP contribution in [0.4, 0.5) is 0 Å². The van der Waals surface area contributed by atoms with E-state index in [2.05, 4.69) is 15.0 Å². The molecule has 134 valence electrons. The third-order valence-electron chi connectivity index (χ3n) is 3.28. The molecule has 0 atom stereocenters. The maximum atomic E-state index is 12.4. The van der Waals surface area contributed by atoms with Crippen LogP contribution in [0.15, 0.2) is 47.5 Å². The summed E-state index contributed by atoms with van der Waals surface area (Å²) in [5.74, 6) is 0.117. The van der Waals surface area contributed by atoms with Gasteiger partial charge in [-0.1, -0.05) is 6.07 Å². The van der Waals surface area contributed by atoms with Gasteiger partial charge >= 0.3 is 0 Å². The van der Waals surface area contributed by atoms with Crippen molar-refractivity contribution < 1.29 is 22.7 Å². The molecule has 25 heavy (non-hydrogen) atoms. The predicted octanol–water partition coefficient (Wildman–Crippen LogP) is 0.693. The number of hydrogen-bond acceptors (Lipinski definition) is 6. The van der Waals surface area contributed by atoms with E-state index in [4.69, 9.17) is 9.47 Å². The molecule has 9 heteroatoms. The van der Waals surface area contributed by atoms with Crippen LogP contribution in [0.3, 0.4) is 0 Å². The van der Waals surface area contributed by atoms with Crippen LogP contribution in [0, 0.1) is 0 Å². The van der Waals surface area contributed by atoms with Gasteiger partial charge in [-0.15, -0.1) is 0 Å². The Balaban J connectivity index is 1.98. The molecule has 0 bridgehead atoms. The van der Waals surface area contributed by atoms with Crippen molar-refractivity contribution in [2.24, 2.45) is 0 Å². The molecular weight excluding hydrogens is 346 g/mol. The Kier molecular flexibility index (Phi) is 6.31. The van der Waals surface area contributed by atoms with Crippen molar-refractivity contribution in [1.82, 2.24) is 15.0 Å². The number of sulfonamides is 1. The number of nitrogens with one attached hydrogen (secondary N) is 2. The Hall–Kier alpha value is -2.65. The fourth-order valence-corrected chi connectivity index (χ4v) is 3.12. The average molecular weight is 365 g/mol. The van der Waals surface area contributed by atoms with Crippen LogP contribution in [0.2, 0.25) is 0 Å². The normalized spacial score (nSPS) is 11.0. The van der Waals surface area contributed by atoms with Crippen LogP contribution in [0.5, 0.6) is 11.5 Å². The average Bonchev–Trinajstić information content (AvgIpc) is 2.65. The van der Waals surface area contributed by atoms with Crippen molar-refractivity contribution in [1.29, 1.82) is 0 Å². The molecule has 1 aromatic heterocycles. The standard InChI is InChI=1S/C16H19N3O5S/c1-23-13-6-7-15(14(9-13)24-2)25(21,22)19-11-16(20)18-10-12-5-3-4-8-17-12/h3-9,19H,10-11H2,1-2H3,(H,18,20). The smallest absolute Gasteiger partial charge is 0.244 e. The summed E-state index contributed by atoms with van der Waals surface area (Å²) in [6.45, 7) is -0.183. The molecule has 0 saturated heterocycles. The first-order valence-electron chi connectivity index (χ1n) is 7.34. The first-order chi connectivity index (χ1) is 12.0. The van der Waals surface area contributed by atoms with Crippen molar-refractivity contribution in [3.8, 4) is 11.5 Å². The highest BCUT2D eigenvalue weighted by molar-refractivity contribution is 7.89. The predicted molar refractivity (Wildman–Crippen MR) is 90.8 cm³/mol. The van der Waals surface area contributed by atoms with Gasteiger partial charge in [0.05, 0.1) is 33.0 Å². The summed E-state index contributed by atoms with van der Waals surface area (Å²) in [4.78, 5) is 15.8. The lowest BCUT2D eigenvalue weighted by atomic mass is 10.3. The van der Waals surface area contributed by atoms with Crippen LogP contribution in [-0.2, 0) is 21.4 Å². The van der Waals surface area contributed by atoms with E-state index in [-0.39, 0.29) is 17.2 Å². The molecule has 2 rings (SSSR count). The van der Waals surface area contributed by atoms with E-state index in [0.717, 1.165) is 0 Å². The number of hydrogen-bond donors (Lipinski definition) is 2. The largest absolute Gasteiger partial charge is 0.497 e. The monoisotopic (exact) mass is 365 g/mol. The molecule has 0 aliphatic rings. The summed E-state index contributed by atoms with van der Waals surface area (Å²) in [7, 11) is -1.09. The van der Waals surface area contributed by atoms with E-state index in [1.54, 1.807) is 24.4 Å². The molecule has 0 unspecified atom stereocenters. The lowest BCUT2D eigenvalue weighted by Gasteiger charge is -2.12. The number of ether oxygens (including phenoxy) is 2. The number of benzene rings is 1. The Morgan fingerprint density at radius 2 is 1.96 bits per heavy atom. The third kappa shape index (κ3) is 5.16.